The Morgan fingerprint density at radius 2 is 1.93 bits per heavy atom. The van der Waals surface area contributed by atoms with Gasteiger partial charge in [-0.1, -0.05) is 42.5 Å². The van der Waals surface area contributed by atoms with Crippen LogP contribution in [-0.2, 0) is 14.3 Å². The van der Waals surface area contributed by atoms with Gasteiger partial charge in [-0.2, -0.15) is 0 Å². The fourth-order valence-corrected chi connectivity index (χ4v) is 3.85. The minimum Gasteiger partial charge on any atom is -0.507 e. The zero-order chi connectivity index (χ0) is 19.7. The molecule has 2 atom stereocenters. The number of carbonyl (C=O) groups excluding carboxylic acids is 2. The largest absolute Gasteiger partial charge is 0.507 e. The number of nitrogens with zero attached hydrogens (tertiary/aromatic N) is 1. The molecule has 0 radical (unpaired) electrons. The second-order valence-corrected chi connectivity index (χ2v) is 7.01. The number of Topliss-reactive ketones (excluding diaryl/α,β-unsaturated/α-hetero) is 1. The topological polar surface area (TPSA) is 66.8 Å². The van der Waals surface area contributed by atoms with E-state index in [9.17, 15) is 19.1 Å². The number of ketones is 1. The van der Waals surface area contributed by atoms with Crippen molar-refractivity contribution in [3.05, 3.63) is 77.1 Å². The van der Waals surface area contributed by atoms with Gasteiger partial charge in [-0.15, -0.1) is 0 Å². The number of benzene rings is 2. The highest BCUT2D eigenvalue weighted by Gasteiger charge is 2.47. The quantitative estimate of drug-likeness (QED) is 0.501. The smallest absolute Gasteiger partial charge is 0.295 e. The molecular weight excluding hydrogens is 361 g/mol. The molecule has 2 aromatic carbocycles. The summed E-state index contributed by atoms with van der Waals surface area (Å²) in [6.07, 6.45) is 1.51. The standard InChI is InChI=1S/C22H20FNO4/c23-16-9-4-8-15(12-16)19-18(20(25)14-6-2-1-3-7-14)21(26)22(27)24(19)13-17-10-5-11-28-17/h1-4,6-9,12,17,19,25H,5,10-11,13H2/b20-18-. The Bertz CT molecular complexity index is 935. The van der Waals surface area contributed by atoms with Crippen LogP contribution in [0.2, 0.25) is 0 Å². The minimum absolute atomic E-state index is 0.0280. The van der Waals surface area contributed by atoms with Crippen LogP contribution in [-0.4, -0.2) is 41.0 Å². The molecule has 6 heteroatoms. The summed E-state index contributed by atoms with van der Waals surface area (Å²) < 4.78 is 19.5. The van der Waals surface area contributed by atoms with E-state index in [1.165, 1.54) is 23.1 Å². The molecule has 4 rings (SSSR count). The van der Waals surface area contributed by atoms with E-state index in [0.29, 0.717) is 17.7 Å². The molecule has 2 heterocycles. The number of halogens is 1. The fourth-order valence-electron chi connectivity index (χ4n) is 3.85. The fraction of sp³-hybridized carbons (Fsp3) is 0.273. The van der Waals surface area contributed by atoms with Gasteiger partial charge in [-0.3, -0.25) is 9.59 Å². The van der Waals surface area contributed by atoms with Crippen molar-refractivity contribution in [2.24, 2.45) is 0 Å². The van der Waals surface area contributed by atoms with Gasteiger partial charge in [0.05, 0.1) is 17.7 Å². The van der Waals surface area contributed by atoms with Gasteiger partial charge < -0.3 is 14.7 Å². The molecule has 2 unspecified atom stereocenters. The van der Waals surface area contributed by atoms with Gasteiger partial charge in [-0.05, 0) is 30.5 Å². The van der Waals surface area contributed by atoms with Crippen molar-refractivity contribution in [2.75, 3.05) is 13.2 Å². The zero-order valence-electron chi connectivity index (χ0n) is 15.2. The Morgan fingerprint density at radius 1 is 1.14 bits per heavy atom. The first-order valence-electron chi connectivity index (χ1n) is 9.27. The maximum Gasteiger partial charge on any atom is 0.295 e. The van der Waals surface area contributed by atoms with Gasteiger partial charge in [-0.25, -0.2) is 4.39 Å². The van der Waals surface area contributed by atoms with Crippen molar-refractivity contribution in [2.45, 2.75) is 25.0 Å². The van der Waals surface area contributed by atoms with E-state index >= 15 is 0 Å². The highest BCUT2D eigenvalue weighted by Crippen LogP contribution is 2.40. The van der Waals surface area contributed by atoms with Crippen molar-refractivity contribution in [1.29, 1.82) is 0 Å². The Kier molecular flexibility index (Phi) is 4.96. The molecule has 5 nitrogen and oxygen atoms in total. The summed E-state index contributed by atoms with van der Waals surface area (Å²) in [5, 5.41) is 10.8. The summed E-state index contributed by atoms with van der Waals surface area (Å²) >= 11 is 0. The highest BCUT2D eigenvalue weighted by atomic mass is 19.1. The lowest BCUT2D eigenvalue weighted by atomic mass is 9.95. The third-order valence-electron chi connectivity index (χ3n) is 5.18. The third-order valence-corrected chi connectivity index (χ3v) is 5.18. The first kappa shape index (κ1) is 18.4. The lowest BCUT2D eigenvalue weighted by Gasteiger charge is -2.27. The third kappa shape index (κ3) is 3.31. The number of aliphatic hydroxyl groups excluding tert-OH is 1. The molecule has 1 N–H and O–H groups in total. The molecule has 2 aromatic rings. The van der Waals surface area contributed by atoms with Crippen LogP contribution in [0.1, 0.15) is 30.0 Å². The van der Waals surface area contributed by atoms with Gasteiger partial charge in [0, 0.05) is 18.7 Å². The number of hydrogen-bond donors (Lipinski definition) is 1. The van der Waals surface area contributed by atoms with Crippen LogP contribution in [0.25, 0.3) is 5.76 Å². The monoisotopic (exact) mass is 381 g/mol. The van der Waals surface area contributed by atoms with E-state index in [1.807, 2.05) is 0 Å². The number of hydrogen-bond acceptors (Lipinski definition) is 4. The SMILES string of the molecule is O=C1C(=O)N(CC2CCCO2)C(c2cccc(F)c2)/C1=C(/O)c1ccccc1. The van der Waals surface area contributed by atoms with E-state index in [1.54, 1.807) is 36.4 Å². The molecule has 2 fully saturated rings. The number of amides is 1. The van der Waals surface area contributed by atoms with Crippen LogP contribution >= 0.6 is 0 Å². The van der Waals surface area contributed by atoms with E-state index in [2.05, 4.69) is 0 Å². The number of likely N-dealkylation sites (tertiary alicyclic amines) is 1. The van der Waals surface area contributed by atoms with Gasteiger partial charge in [0.15, 0.2) is 0 Å². The second-order valence-electron chi connectivity index (χ2n) is 7.01. The summed E-state index contributed by atoms with van der Waals surface area (Å²) in [6, 6.07) is 13.5. The summed E-state index contributed by atoms with van der Waals surface area (Å²) in [7, 11) is 0. The van der Waals surface area contributed by atoms with Gasteiger partial charge >= 0.3 is 0 Å². The number of carbonyl (C=O) groups is 2. The second kappa shape index (κ2) is 7.56. The molecule has 2 saturated heterocycles. The minimum atomic E-state index is -0.861. The molecule has 0 bridgehead atoms. The number of aliphatic hydroxyl groups is 1. The van der Waals surface area contributed by atoms with Crippen LogP contribution in [0.4, 0.5) is 4.39 Å². The lowest BCUT2D eigenvalue weighted by molar-refractivity contribution is -0.140. The predicted octanol–water partition coefficient (Wildman–Crippen LogP) is 3.43. The average molecular weight is 381 g/mol. The van der Waals surface area contributed by atoms with E-state index in [-0.39, 0.29) is 24.0 Å². The molecule has 2 aliphatic rings. The molecule has 2 aliphatic heterocycles. The molecule has 144 valence electrons. The van der Waals surface area contributed by atoms with E-state index in [4.69, 9.17) is 4.74 Å². The van der Waals surface area contributed by atoms with Crippen LogP contribution in [0.15, 0.2) is 60.2 Å². The van der Waals surface area contributed by atoms with Crippen molar-refractivity contribution in [3.63, 3.8) is 0 Å². The maximum atomic E-state index is 13.9. The number of ether oxygens (including phenoxy) is 1. The Hall–Kier alpha value is -2.99. The molecule has 28 heavy (non-hydrogen) atoms. The maximum absolute atomic E-state index is 13.9. The summed E-state index contributed by atoms with van der Waals surface area (Å²) in [6.45, 7) is 0.834. The van der Waals surface area contributed by atoms with Crippen molar-refractivity contribution >= 4 is 17.4 Å². The van der Waals surface area contributed by atoms with E-state index < -0.39 is 23.5 Å². The Balaban J connectivity index is 1.83. The molecule has 1 amide bonds. The van der Waals surface area contributed by atoms with Crippen LogP contribution in [0.3, 0.4) is 0 Å². The number of rotatable bonds is 4. The molecule has 0 aliphatic carbocycles. The Morgan fingerprint density at radius 3 is 2.61 bits per heavy atom. The molecule has 0 aromatic heterocycles. The van der Waals surface area contributed by atoms with E-state index in [0.717, 1.165) is 12.8 Å². The Labute approximate surface area is 162 Å². The lowest BCUT2D eigenvalue weighted by Crippen LogP contribution is -2.36. The summed E-state index contributed by atoms with van der Waals surface area (Å²) in [5.74, 6) is -2.21. The van der Waals surface area contributed by atoms with Crippen molar-refractivity contribution in [1.82, 2.24) is 4.90 Å². The highest BCUT2D eigenvalue weighted by molar-refractivity contribution is 6.46. The van der Waals surface area contributed by atoms with Crippen molar-refractivity contribution < 1.29 is 23.8 Å². The first-order valence-corrected chi connectivity index (χ1v) is 9.27. The van der Waals surface area contributed by atoms with Gasteiger partial charge in [0.2, 0.25) is 0 Å². The predicted molar refractivity (Wildman–Crippen MR) is 101 cm³/mol. The summed E-state index contributed by atoms with van der Waals surface area (Å²) in [5.41, 5.74) is 0.841. The first-order chi connectivity index (χ1) is 13.6. The van der Waals surface area contributed by atoms with Crippen LogP contribution in [0.5, 0.6) is 0 Å². The van der Waals surface area contributed by atoms with Crippen LogP contribution < -0.4 is 0 Å². The van der Waals surface area contributed by atoms with Gasteiger partial charge in [0.25, 0.3) is 11.7 Å². The summed E-state index contributed by atoms with van der Waals surface area (Å²) in [4.78, 5) is 27.0. The molecular formula is C22H20FNO4. The molecule has 0 saturated carbocycles. The molecule has 0 spiro atoms. The zero-order valence-corrected chi connectivity index (χ0v) is 15.2. The van der Waals surface area contributed by atoms with Gasteiger partial charge in [0.1, 0.15) is 11.6 Å². The normalized spacial score (nSPS) is 24.1. The van der Waals surface area contributed by atoms with Crippen molar-refractivity contribution in [3.8, 4) is 0 Å². The van der Waals surface area contributed by atoms with Crippen LogP contribution in [0, 0.1) is 5.82 Å². The average Bonchev–Trinajstić information content (AvgIpc) is 3.30.